The fourth-order valence-corrected chi connectivity index (χ4v) is 2.84. The Kier molecular flexibility index (Phi) is 7.02. The first-order valence-corrected chi connectivity index (χ1v) is 9.03. The first-order chi connectivity index (χ1) is 11.9. The van der Waals surface area contributed by atoms with Gasteiger partial charge in [0, 0.05) is 43.4 Å². The second-order valence-corrected chi connectivity index (χ2v) is 6.95. The molecule has 6 heteroatoms. The van der Waals surface area contributed by atoms with Crippen LogP contribution >= 0.6 is 11.6 Å². The molecule has 1 unspecified atom stereocenters. The molecule has 0 bridgehead atoms. The van der Waals surface area contributed by atoms with Gasteiger partial charge in [-0.1, -0.05) is 37.1 Å². The third-order valence-corrected chi connectivity index (χ3v) is 4.48. The van der Waals surface area contributed by atoms with Crippen molar-refractivity contribution in [2.45, 2.75) is 38.5 Å². The van der Waals surface area contributed by atoms with Crippen LogP contribution in [0.2, 0.25) is 5.02 Å². The minimum atomic E-state index is -1.60. The van der Waals surface area contributed by atoms with Crippen LogP contribution in [0.25, 0.3) is 0 Å². The van der Waals surface area contributed by atoms with Gasteiger partial charge < -0.3 is 19.3 Å². The summed E-state index contributed by atoms with van der Waals surface area (Å²) in [5, 5.41) is 11.9. The minimum absolute atomic E-state index is 0.513. The third-order valence-electron chi connectivity index (χ3n) is 4.23. The number of nitrogens with zero attached hydrogens (tertiary/aromatic N) is 3. The van der Waals surface area contributed by atoms with E-state index in [0.717, 1.165) is 38.0 Å². The van der Waals surface area contributed by atoms with Gasteiger partial charge in [0.1, 0.15) is 0 Å². The molecule has 5 nitrogen and oxygen atoms in total. The number of ether oxygens (including phenoxy) is 1. The van der Waals surface area contributed by atoms with Gasteiger partial charge in [0.25, 0.3) is 5.79 Å². The normalized spacial score (nSPS) is 14.0. The Hall–Kier alpha value is -1.40. The van der Waals surface area contributed by atoms with Crippen molar-refractivity contribution in [1.29, 1.82) is 0 Å². The van der Waals surface area contributed by atoms with Crippen molar-refractivity contribution in [3.63, 3.8) is 0 Å². The molecule has 0 aliphatic carbocycles. The van der Waals surface area contributed by atoms with Gasteiger partial charge in [-0.15, -0.1) is 0 Å². The highest BCUT2D eigenvalue weighted by atomic mass is 35.5. The van der Waals surface area contributed by atoms with E-state index in [1.165, 1.54) is 7.11 Å². The predicted molar refractivity (Wildman–Crippen MR) is 101 cm³/mol. The van der Waals surface area contributed by atoms with Gasteiger partial charge in [-0.2, -0.15) is 0 Å². The zero-order chi connectivity index (χ0) is 18.4. The number of unbranched alkanes of at least 4 members (excludes halogenated alkanes) is 1. The van der Waals surface area contributed by atoms with Gasteiger partial charge >= 0.3 is 0 Å². The Morgan fingerprint density at radius 1 is 1.28 bits per heavy atom. The maximum absolute atomic E-state index is 11.3. The lowest BCUT2D eigenvalue weighted by atomic mass is 10.0. The summed E-state index contributed by atoms with van der Waals surface area (Å²) in [5.74, 6) is -1.09. The Morgan fingerprint density at radius 3 is 2.52 bits per heavy atom. The van der Waals surface area contributed by atoms with Crippen LogP contribution < -0.4 is 0 Å². The van der Waals surface area contributed by atoms with E-state index in [-0.39, 0.29) is 0 Å². The van der Waals surface area contributed by atoms with E-state index < -0.39 is 5.79 Å². The maximum atomic E-state index is 11.3. The highest BCUT2D eigenvalue weighted by Gasteiger charge is 2.37. The molecule has 2 aromatic rings. The number of hydrogen-bond donors (Lipinski definition) is 1. The van der Waals surface area contributed by atoms with Gasteiger partial charge in [-0.3, -0.25) is 0 Å². The maximum Gasteiger partial charge on any atom is 0.253 e. The van der Waals surface area contributed by atoms with E-state index in [1.54, 1.807) is 24.3 Å². The molecule has 1 heterocycles. The number of methoxy groups -OCH3 is 1. The number of halogens is 1. The number of imidazole rings is 1. The van der Waals surface area contributed by atoms with Crippen LogP contribution in [-0.2, 0) is 23.5 Å². The van der Waals surface area contributed by atoms with Crippen molar-refractivity contribution >= 4 is 11.6 Å². The summed E-state index contributed by atoms with van der Waals surface area (Å²) >= 11 is 5.98. The van der Waals surface area contributed by atoms with Crippen LogP contribution in [0.15, 0.2) is 30.5 Å². The third kappa shape index (κ3) is 4.82. The van der Waals surface area contributed by atoms with Crippen molar-refractivity contribution in [3.05, 3.63) is 52.6 Å². The predicted octanol–water partition coefficient (Wildman–Crippen LogP) is 3.28. The molecule has 1 aromatic heterocycles. The van der Waals surface area contributed by atoms with Crippen molar-refractivity contribution in [1.82, 2.24) is 14.5 Å². The molecule has 2 rings (SSSR count). The number of aliphatic hydroxyl groups is 1. The molecule has 0 fully saturated rings. The lowest BCUT2D eigenvalue weighted by Crippen LogP contribution is -2.33. The number of rotatable bonds is 9. The summed E-state index contributed by atoms with van der Waals surface area (Å²) in [6.45, 7) is 3.84. The summed E-state index contributed by atoms with van der Waals surface area (Å²) in [4.78, 5) is 6.82. The highest BCUT2D eigenvalue weighted by Crippen LogP contribution is 2.31. The topological polar surface area (TPSA) is 50.5 Å². The lowest BCUT2D eigenvalue weighted by molar-refractivity contribution is -0.167. The van der Waals surface area contributed by atoms with E-state index >= 15 is 0 Å². The SMILES string of the molecule is CCCCn1cc(CCN(C)C)nc1C(O)(OC)c1ccc(Cl)cc1. The van der Waals surface area contributed by atoms with Crippen LogP contribution in [0.4, 0.5) is 0 Å². The largest absolute Gasteiger partial charge is 0.356 e. The van der Waals surface area contributed by atoms with Crippen molar-refractivity contribution < 1.29 is 9.84 Å². The average molecular weight is 366 g/mol. The molecule has 0 spiro atoms. The number of aryl methyl sites for hydroxylation is 1. The summed E-state index contributed by atoms with van der Waals surface area (Å²) in [5.41, 5.74) is 1.56. The second-order valence-electron chi connectivity index (χ2n) is 6.51. The number of aromatic nitrogens is 2. The molecule has 0 radical (unpaired) electrons. The Labute approximate surface area is 155 Å². The molecular weight excluding hydrogens is 338 g/mol. The molecule has 0 aliphatic rings. The zero-order valence-corrected chi connectivity index (χ0v) is 16.3. The second kappa shape index (κ2) is 8.81. The van der Waals surface area contributed by atoms with Gasteiger partial charge in [-0.25, -0.2) is 4.98 Å². The van der Waals surface area contributed by atoms with Crippen LogP contribution in [0, 0.1) is 0 Å². The monoisotopic (exact) mass is 365 g/mol. The lowest BCUT2D eigenvalue weighted by Gasteiger charge is -2.27. The molecule has 0 saturated carbocycles. The van der Waals surface area contributed by atoms with Crippen molar-refractivity contribution in [3.8, 4) is 0 Å². The Bertz CT molecular complexity index is 670. The molecule has 25 heavy (non-hydrogen) atoms. The standard InChI is InChI=1S/C19H28ClN3O2/c1-5-6-12-23-14-17(11-13-22(2)3)21-18(23)19(24,25-4)15-7-9-16(20)10-8-15/h7-10,14,24H,5-6,11-13H2,1-4H3. The molecule has 0 aliphatic heterocycles. The molecule has 1 N–H and O–H groups in total. The first-order valence-electron chi connectivity index (χ1n) is 8.65. The zero-order valence-electron chi connectivity index (χ0n) is 15.5. The average Bonchev–Trinajstić information content (AvgIpc) is 3.01. The van der Waals surface area contributed by atoms with E-state index in [1.807, 2.05) is 24.9 Å². The summed E-state index contributed by atoms with van der Waals surface area (Å²) in [6.07, 6.45) is 4.92. The molecule has 138 valence electrons. The smallest absolute Gasteiger partial charge is 0.253 e. The van der Waals surface area contributed by atoms with Gasteiger partial charge in [0.2, 0.25) is 0 Å². The summed E-state index contributed by atoms with van der Waals surface area (Å²) in [6, 6.07) is 7.02. The van der Waals surface area contributed by atoms with Crippen molar-refractivity contribution in [2.75, 3.05) is 27.7 Å². The fraction of sp³-hybridized carbons (Fsp3) is 0.526. The van der Waals surface area contributed by atoms with Gasteiger partial charge in [-0.05, 0) is 32.6 Å². The van der Waals surface area contributed by atoms with Crippen LogP contribution in [-0.4, -0.2) is 47.3 Å². The number of likely N-dealkylation sites (N-methyl/N-ethyl adjacent to an activating group) is 1. The van der Waals surface area contributed by atoms with E-state index in [2.05, 4.69) is 11.8 Å². The van der Waals surface area contributed by atoms with Gasteiger partial charge in [0.05, 0.1) is 5.69 Å². The fourth-order valence-electron chi connectivity index (χ4n) is 2.71. The van der Waals surface area contributed by atoms with E-state index in [0.29, 0.717) is 16.4 Å². The Morgan fingerprint density at radius 2 is 1.96 bits per heavy atom. The first kappa shape index (κ1) is 19.9. The van der Waals surface area contributed by atoms with Crippen LogP contribution in [0.3, 0.4) is 0 Å². The van der Waals surface area contributed by atoms with Crippen LogP contribution in [0.1, 0.15) is 36.8 Å². The van der Waals surface area contributed by atoms with Crippen molar-refractivity contribution in [2.24, 2.45) is 0 Å². The molecular formula is C19H28ClN3O2. The number of benzene rings is 1. The van der Waals surface area contributed by atoms with Gasteiger partial charge in [0.15, 0.2) is 5.82 Å². The molecule has 1 aromatic carbocycles. The van der Waals surface area contributed by atoms with E-state index in [9.17, 15) is 5.11 Å². The number of hydrogen-bond acceptors (Lipinski definition) is 4. The quantitative estimate of drug-likeness (QED) is 0.693. The Balaban J connectivity index is 2.42. The van der Waals surface area contributed by atoms with E-state index in [4.69, 9.17) is 21.3 Å². The summed E-state index contributed by atoms with van der Waals surface area (Å²) < 4.78 is 7.53. The molecule has 0 saturated heterocycles. The highest BCUT2D eigenvalue weighted by molar-refractivity contribution is 6.30. The van der Waals surface area contributed by atoms with Crippen LogP contribution in [0.5, 0.6) is 0 Å². The minimum Gasteiger partial charge on any atom is -0.356 e. The molecule has 0 amide bonds. The molecule has 1 atom stereocenters. The summed E-state index contributed by atoms with van der Waals surface area (Å²) in [7, 11) is 5.56.